The monoisotopic (exact) mass is 492 g/mol. The summed E-state index contributed by atoms with van der Waals surface area (Å²) in [6, 6.07) is 32.6. The van der Waals surface area contributed by atoms with E-state index in [-0.39, 0.29) is 11.8 Å². The van der Waals surface area contributed by atoms with Crippen molar-refractivity contribution in [1.82, 2.24) is 5.32 Å². The van der Waals surface area contributed by atoms with Gasteiger partial charge in [-0.05, 0) is 46.5 Å². The summed E-state index contributed by atoms with van der Waals surface area (Å²) >= 11 is 0. The van der Waals surface area contributed by atoms with Gasteiger partial charge in [-0.3, -0.25) is 9.59 Å². The second-order valence-electron chi connectivity index (χ2n) is 8.97. The lowest BCUT2D eigenvalue weighted by Crippen LogP contribution is -2.31. The van der Waals surface area contributed by atoms with E-state index in [0.717, 1.165) is 28.0 Å². The van der Waals surface area contributed by atoms with Gasteiger partial charge in [0.15, 0.2) is 6.10 Å². The molecule has 0 spiro atoms. The maximum atomic E-state index is 12.8. The van der Waals surface area contributed by atoms with Crippen LogP contribution in [0.3, 0.4) is 0 Å². The zero-order chi connectivity index (χ0) is 25.5. The SMILES string of the molecule is O=C(NCc1cccc(COCc2ccccc2)c1)c1cccc(NC(=O)C2Cc3ccccc3O2)c1. The predicted molar refractivity (Wildman–Crippen MR) is 142 cm³/mol. The zero-order valence-electron chi connectivity index (χ0n) is 20.4. The van der Waals surface area contributed by atoms with Crippen LogP contribution in [0.4, 0.5) is 5.69 Å². The van der Waals surface area contributed by atoms with Crippen LogP contribution in [0.1, 0.15) is 32.6 Å². The summed E-state index contributed by atoms with van der Waals surface area (Å²) in [7, 11) is 0. The van der Waals surface area contributed by atoms with E-state index in [9.17, 15) is 9.59 Å². The largest absolute Gasteiger partial charge is 0.480 e. The Morgan fingerprint density at radius 2 is 1.51 bits per heavy atom. The molecule has 0 saturated carbocycles. The van der Waals surface area contributed by atoms with Gasteiger partial charge in [-0.15, -0.1) is 0 Å². The lowest BCUT2D eigenvalue weighted by atomic mass is 10.1. The van der Waals surface area contributed by atoms with Gasteiger partial charge in [0.1, 0.15) is 5.75 Å². The first-order valence-electron chi connectivity index (χ1n) is 12.3. The van der Waals surface area contributed by atoms with Gasteiger partial charge in [0.2, 0.25) is 0 Å². The van der Waals surface area contributed by atoms with Gasteiger partial charge in [-0.1, -0.05) is 78.9 Å². The number of hydrogen-bond donors (Lipinski definition) is 2. The van der Waals surface area contributed by atoms with E-state index in [4.69, 9.17) is 9.47 Å². The molecule has 0 aromatic heterocycles. The highest BCUT2D eigenvalue weighted by Crippen LogP contribution is 2.28. The number of nitrogens with one attached hydrogen (secondary N) is 2. The molecule has 2 amide bonds. The van der Waals surface area contributed by atoms with Crippen molar-refractivity contribution < 1.29 is 19.1 Å². The fraction of sp³-hybridized carbons (Fsp3) is 0.161. The third-order valence-corrected chi connectivity index (χ3v) is 6.16. The van der Waals surface area contributed by atoms with Gasteiger partial charge >= 0.3 is 0 Å². The average molecular weight is 493 g/mol. The lowest BCUT2D eigenvalue weighted by molar-refractivity contribution is -0.122. The number of para-hydroxylation sites is 1. The molecule has 6 heteroatoms. The molecule has 1 atom stereocenters. The minimum Gasteiger partial charge on any atom is -0.480 e. The maximum absolute atomic E-state index is 12.8. The molecule has 0 bridgehead atoms. The number of anilines is 1. The first-order chi connectivity index (χ1) is 18.1. The number of rotatable bonds is 9. The number of ether oxygens (including phenoxy) is 2. The molecule has 1 heterocycles. The normalized spacial score (nSPS) is 13.9. The number of amides is 2. The molecule has 2 N–H and O–H groups in total. The highest BCUT2D eigenvalue weighted by molar-refractivity contribution is 5.98. The van der Waals surface area contributed by atoms with Gasteiger partial charge in [0, 0.05) is 24.2 Å². The first kappa shape index (κ1) is 24.3. The smallest absolute Gasteiger partial charge is 0.265 e. The number of benzene rings is 4. The zero-order valence-corrected chi connectivity index (χ0v) is 20.4. The van der Waals surface area contributed by atoms with Gasteiger partial charge in [-0.25, -0.2) is 0 Å². The Kier molecular flexibility index (Phi) is 7.58. The van der Waals surface area contributed by atoms with E-state index in [1.165, 1.54) is 0 Å². The van der Waals surface area contributed by atoms with Crippen LogP contribution in [0.2, 0.25) is 0 Å². The fourth-order valence-electron chi connectivity index (χ4n) is 4.26. The van der Waals surface area contributed by atoms with E-state index in [0.29, 0.717) is 37.4 Å². The molecule has 0 radical (unpaired) electrons. The topological polar surface area (TPSA) is 76.7 Å². The predicted octanol–water partition coefficient (Wildman–Crippen LogP) is 5.28. The summed E-state index contributed by atoms with van der Waals surface area (Å²) in [5.41, 5.74) is 5.19. The summed E-state index contributed by atoms with van der Waals surface area (Å²) in [6.45, 7) is 1.43. The molecule has 4 aromatic carbocycles. The number of carbonyl (C=O) groups is 2. The summed E-state index contributed by atoms with van der Waals surface area (Å²) in [6.07, 6.45) is -0.0581. The summed E-state index contributed by atoms with van der Waals surface area (Å²) in [5.74, 6) is 0.286. The Morgan fingerprint density at radius 1 is 0.784 bits per heavy atom. The molecule has 37 heavy (non-hydrogen) atoms. The van der Waals surface area contributed by atoms with Crippen LogP contribution in [0, 0.1) is 0 Å². The van der Waals surface area contributed by atoms with Crippen LogP contribution in [-0.4, -0.2) is 17.9 Å². The third kappa shape index (κ3) is 6.42. The minimum atomic E-state index is -0.584. The Bertz CT molecular complexity index is 1360. The van der Waals surface area contributed by atoms with Gasteiger partial charge in [-0.2, -0.15) is 0 Å². The molecule has 0 aliphatic carbocycles. The standard InChI is InChI=1S/C31H28N2O4/c34-30(32-19-23-10-6-11-24(16-23)21-36-20-22-8-2-1-3-9-22)26-13-7-14-27(17-26)33-31(35)29-18-25-12-4-5-15-28(25)37-29/h1-17,29H,18-21H2,(H,32,34)(H,33,35). The number of fused-ring (bicyclic) bond motifs is 1. The van der Waals surface area contributed by atoms with Crippen molar-refractivity contribution in [2.45, 2.75) is 32.3 Å². The highest BCUT2D eigenvalue weighted by atomic mass is 16.5. The Morgan fingerprint density at radius 3 is 2.38 bits per heavy atom. The van der Waals surface area contributed by atoms with E-state index in [1.54, 1.807) is 24.3 Å². The van der Waals surface area contributed by atoms with E-state index < -0.39 is 6.10 Å². The Balaban J connectivity index is 1.12. The molecule has 4 aromatic rings. The fourth-order valence-corrected chi connectivity index (χ4v) is 4.26. The molecular weight excluding hydrogens is 464 g/mol. The van der Waals surface area contributed by atoms with Crippen molar-refractivity contribution in [2.24, 2.45) is 0 Å². The molecule has 1 aliphatic heterocycles. The van der Waals surface area contributed by atoms with Gasteiger partial charge < -0.3 is 20.1 Å². The van der Waals surface area contributed by atoms with Crippen LogP contribution in [-0.2, 0) is 35.7 Å². The molecule has 0 saturated heterocycles. The molecule has 1 aliphatic rings. The van der Waals surface area contributed by atoms with Crippen molar-refractivity contribution >= 4 is 17.5 Å². The van der Waals surface area contributed by atoms with Crippen LogP contribution in [0.5, 0.6) is 5.75 Å². The van der Waals surface area contributed by atoms with Gasteiger partial charge in [0.25, 0.3) is 11.8 Å². The van der Waals surface area contributed by atoms with Crippen LogP contribution in [0.25, 0.3) is 0 Å². The molecule has 186 valence electrons. The lowest BCUT2D eigenvalue weighted by Gasteiger charge is -2.12. The van der Waals surface area contributed by atoms with Crippen molar-refractivity contribution in [1.29, 1.82) is 0 Å². The van der Waals surface area contributed by atoms with Crippen molar-refractivity contribution in [2.75, 3.05) is 5.32 Å². The van der Waals surface area contributed by atoms with E-state index in [2.05, 4.69) is 10.6 Å². The summed E-state index contributed by atoms with van der Waals surface area (Å²) in [5, 5.41) is 5.82. The quantitative estimate of drug-likeness (QED) is 0.334. The molecule has 0 fully saturated rings. The Hall–Kier alpha value is -4.42. The Labute approximate surface area is 216 Å². The van der Waals surface area contributed by atoms with Crippen LogP contribution in [0.15, 0.2) is 103 Å². The molecule has 1 unspecified atom stereocenters. The second kappa shape index (κ2) is 11.5. The molecule has 5 rings (SSSR count). The van der Waals surface area contributed by atoms with E-state index in [1.807, 2.05) is 78.9 Å². The maximum Gasteiger partial charge on any atom is 0.265 e. The van der Waals surface area contributed by atoms with Crippen LogP contribution >= 0.6 is 0 Å². The van der Waals surface area contributed by atoms with Crippen molar-refractivity contribution in [3.8, 4) is 5.75 Å². The van der Waals surface area contributed by atoms with E-state index >= 15 is 0 Å². The minimum absolute atomic E-state index is 0.216. The van der Waals surface area contributed by atoms with Crippen LogP contribution < -0.4 is 15.4 Å². The first-order valence-corrected chi connectivity index (χ1v) is 12.3. The molecule has 6 nitrogen and oxygen atoms in total. The highest BCUT2D eigenvalue weighted by Gasteiger charge is 2.28. The third-order valence-electron chi connectivity index (χ3n) is 6.16. The molecular formula is C31H28N2O4. The number of hydrogen-bond acceptors (Lipinski definition) is 4. The summed E-state index contributed by atoms with van der Waals surface area (Å²) in [4.78, 5) is 25.5. The van der Waals surface area contributed by atoms with Crippen molar-refractivity contribution in [3.63, 3.8) is 0 Å². The summed E-state index contributed by atoms with van der Waals surface area (Å²) < 4.78 is 11.6. The van der Waals surface area contributed by atoms with Crippen molar-refractivity contribution in [3.05, 3.63) is 131 Å². The average Bonchev–Trinajstić information content (AvgIpc) is 3.38. The number of carbonyl (C=O) groups excluding carboxylic acids is 2. The second-order valence-corrected chi connectivity index (χ2v) is 8.97. The van der Waals surface area contributed by atoms with Gasteiger partial charge in [0.05, 0.1) is 13.2 Å².